The maximum absolute atomic E-state index is 15.6. The number of unbranched alkanes of at least 4 members (excludes halogenated alkanes) is 1. The number of β-amino-alcohol motifs (C(OH)–C–C–N with tert-alkyl or cyclic N) is 2. The summed E-state index contributed by atoms with van der Waals surface area (Å²) in [4.78, 5) is 248. The van der Waals surface area contributed by atoms with Gasteiger partial charge in [0.1, 0.15) is 78.5 Å². The van der Waals surface area contributed by atoms with Crippen LogP contribution in [0, 0.1) is 23.4 Å². The molecule has 15 atom stereocenters. The monoisotopic (exact) mass is 1900 g/mol. The zero-order valence-corrected chi connectivity index (χ0v) is 76.3. The lowest BCUT2D eigenvalue weighted by Crippen LogP contribution is -2.61. The van der Waals surface area contributed by atoms with Crippen LogP contribution in [0.25, 0.3) is 10.9 Å². The normalized spacial score (nSPS) is 17.1. The maximum Gasteiger partial charge on any atom is 0.305 e. The number of phenols is 1. The number of rotatable bonds is 51. The number of aromatic nitrogens is 1. The number of phenolic OH excluding ortho intramolecular Hbond substituents is 1. The van der Waals surface area contributed by atoms with Gasteiger partial charge >= 0.3 is 11.9 Å². The fourth-order valence-corrected chi connectivity index (χ4v) is 16.7. The molecule has 3 heterocycles. The van der Waals surface area contributed by atoms with Gasteiger partial charge in [-0.05, 0) is 103 Å². The molecule has 0 bridgehead atoms. The van der Waals surface area contributed by atoms with Crippen LogP contribution >= 0.6 is 11.8 Å². The number of aliphatic hydroxyl groups is 2. The van der Waals surface area contributed by atoms with E-state index in [9.17, 15) is 87.5 Å². The van der Waals surface area contributed by atoms with Crippen LogP contribution in [0.2, 0.25) is 0 Å². The first-order chi connectivity index (χ1) is 64.1. The molecule has 0 unspecified atom stereocenters. The van der Waals surface area contributed by atoms with E-state index in [2.05, 4.69) is 47.5 Å². The van der Waals surface area contributed by atoms with Crippen molar-refractivity contribution in [3.63, 3.8) is 0 Å². The van der Waals surface area contributed by atoms with Crippen molar-refractivity contribution in [3.05, 3.63) is 173 Å². The van der Waals surface area contributed by atoms with Crippen LogP contribution in [-0.4, -0.2) is 306 Å². The second kappa shape index (κ2) is 51.2. The SMILES string of the molecule is CCCC[C@@H](C(=O)N1C[C@H](O)C[C@@H]1C(=O)N[C@@H](CC(=O)O)C(=O)N[C@H](C(=O)N(C)[C@H](C=O)Cc1ccccc1)C(C)C)N(C)C(=O)[C@H](Cc1ccccc1)N(C)C(=O)[C@H](Cc1cc(F)c(F)c(F)c1)NC(=O)CSC[C@H](NC(=O)[C@H](CCCN)NC(=O)[C@H](Cc1ccc(O)cc1)NC(=O)[C@H](Cc1c[nH]c2ccccc12)NC(=O)[C@H]1C[C@@H](O)CN1C(=O)[C@@H](N)CCC(=O)O)C(=O)NCC(N)=O. The number of primary amides is 1. The van der Waals surface area contributed by atoms with Gasteiger partial charge in [0, 0.05) is 102 Å². The lowest BCUT2D eigenvalue weighted by Gasteiger charge is -2.38. The number of fused-ring (bicyclic) bond motifs is 1. The smallest absolute Gasteiger partial charge is 0.305 e. The van der Waals surface area contributed by atoms with Gasteiger partial charge in [-0.15, -0.1) is 11.8 Å². The third-order valence-corrected chi connectivity index (χ3v) is 24.4. The molecule has 2 aliphatic rings. The number of nitrogens with two attached hydrogens (primary N) is 3. The Balaban J connectivity index is 1.03. The Kier molecular flexibility index (Phi) is 40.5. The fourth-order valence-electron chi connectivity index (χ4n) is 15.9. The molecule has 0 radical (unpaired) electrons. The van der Waals surface area contributed by atoms with E-state index in [1.807, 2.05) is 0 Å². The highest BCUT2D eigenvalue weighted by atomic mass is 32.2. The molecule has 2 saturated heterocycles. The number of aromatic amines is 1. The van der Waals surface area contributed by atoms with Crippen molar-refractivity contribution in [2.45, 2.75) is 208 Å². The maximum atomic E-state index is 15.6. The van der Waals surface area contributed by atoms with Gasteiger partial charge in [0.25, 0.3) is 0 Å². The van der Waals surface area contributed by atoms with Gasteiger partial charge < -0.3 is 120 Å². The number of para-hydroxylation sites is 1. The quantitative estimate of drug-likeness (QED) is 0.0167. The van der Waals surface area contributed by atoms with Gasteiger partial charge in [-0.2, -0.15) is 0 Å². The summed E-state index contributed by atoms with van der Waals surface area (Å²) in [5.41, 5.74) is 19.6. The van der Waals surface area contributed by atoms with E-state index in [0.717, 1.165) is 37.1 Å². The number of aliphatic carboxylic acids is 2. The van der Waals surface area contributed by atoms with Gasteiger partial charge in [0.15, 0.2) is 17.5 Å². The summed E-state index contributed by atoms with van der Waals surface area (Å²) in [7, 11) is 3.74. The molecule has 20 N–H and O–H groups in total. The lowest BCUT2D eigenvalue weighted by molar-refractivity contribution is -0.152. The molecule has 135 heavy (non-hydrogen) atoms. The number of carbonyl (C=O) groups excluding carboxylic acids is 15. The lowest BCUT2D eigenvalue weighted by atomic mass is 9.99. The zero-order valence-electron chi connectivity index (χ0n) is 75.5. The fraction of sp³-hybridized carbons (Fsp3) is 0.467. The van der Waals surface area contributed by atoms with Crippen LogP contribution in [0.5, 0.6) is 5.75 Å². The molecule has 5 aromatic carbocycles. The molecule has 0 spiro atoms. The summed E-state index contributed by atoms with van der Waals surface area (Å²) >= 11 is 0.622. The third-order valence-electron chi connectivity index (χ3n) is 23.3. The van der Waals surface area contributed by atoms with Crippen molar-refractivity contribution in [3.8, 4) is 5.75 Å². The number of amides is 14. The van der Waals surface area contributed by atoms with Gasteiger partial charge in [0.2, 0.25) is 82.7 Å². The Morgan fingerprint density at radius 1 is 0.556 bits per heavy atom. The molecule has 39 nitrogen and oxygen atoms in total. The predicted molar refractivity (Wildman–Crippen MR) is 485 cm³/mol. The topological polar surface area (TPSA) is 598 Å². The first-order valence-electron chi connectivity index (χ1n) is 44.0. The highest BCUT2D eigenvalue weighted by molar-refractivity contribution is 8.00. The summed E-state index contributed by atoms with van der Waals surface area (Å²) in [6.07, 6.45) is -4.58. The number of aliphatic hydroxyl groups excluding tert-OH is 2. The molecule has 2 fully saturated rings. The number of halogens is 3. The number of H-pyrrole nitrogens is 1. The van der Waals surface area contributed by atoms with E-state index in [1.165, 1.54) is 38.4 Å². The van der Waals surface area contributed by atoms with E-state index >= 15 is 32.8 Å². The first-order valence-corrected chi connectivity index (χ1v) is 45.2. The minimum absolute atomic E-state index is 0.0102. The number of aldehydes is 1. The minimum Gasteiger partial charge on any atom is -0.508 e. The van der Waals surface area contributed by atoms with Crippen LogP contribution in [0.1, 0.15) is 113 Å². The Morgan fingerprint density at radius 3 is 1.65 bits per heavy atom. The molecule has 730 valence electrons. The molecule has 0 aliphatic carbocycles. The first kappa shape index (κ1) is 107. The molecular weight excluding hydrogens is 1780 g/mol. The second-order valence-electron chi connectivity index (χ2n) is 33.8. The molecule has 2 aliphatic heterocycles. The molecule has 1 aromatic heterocycles. The van der Waals surface area contributed by atoms with E-state index in [1.54, 1.807) is 112 Å². The van der Waals surface area contributed by atoms with Crippen molar-refractivity contribution in [2.75, 3.05) is 58.8 Å². The van der Waals surface area contributed by atoms with Crippen LogP contribution < -0.4 is 59.7 Å². The highest BCUT2D eigenvalue weighted by Gasteiger charge is 2.48. The van der Waals surface area contributed by atoms with E-state index in [-0.39, 0.29) is 83.0 Å². The number of nitrogens with one attached hydrogen (secondary N) is 9. The summed E-state index contributed by atoms with van der Waals surface area (Å²) in [5, 5.41) is 72.5. The van der Waals surface area contributed by atoms with Gasteiger partial charge in [-0.3, -0.25) is 76.7 Å². The number of nitrogens with zero attached hydrogens (tertiary/aromatic N) is 5. The number of thioether (sulfide) groups is 1. The summed E-state index contributed by atoms with van der Waals surface area (Å²) in [6.45, 7) is 3.14. The van der Waals surface area contributed by atoms with E-state index in [4.69, 9.17) is 17.2 Å². The standard InChI is InChI=1S/C92H118F3N17O22S/c1-7-8-25-71(91(133)112-46-59(116)41-73(112)87(129)105-68(42-78(121)122)85(127)107-80(50(2)3)92(134)108(4)56(47-113)33-51-18-11-9-12-19-51)109(5)90(132)74(38-52-20-13-10-14-21-52)110(6)89(131)69(37-54-34-61(93)79(95)62(94)35-54)101-76(118)49-135-48-70(81(123)100-44-75(98)117)106-82(124)65(24-17-32-96)102-83(125)66(36-53-26-28-57(114)29-27-53)103-84(126)67(39-55-43-99-64-23-16-15-22-60(55)64)104-86(128)72-40-58(115)45-111(72)88(130)63(97)30-31-77(119)120/h9-16,18-23,26-29,34-35,43,47,50,56,58-59,63,65-74,80,99,114-116H,7-8,17,24-25,30-33,36-42,44-46,48-49,96-97H2,1-6H3,(H2,98,117)(H,100,123)(H,101,118)(H,102,125)(H,103,126)(H,104,128)(H,105,129)(H,106,124)(H,107,127)(H,119,120)(H,121,122)/t56-,58+,59+,63-,65-,66-,67-,68-,69-,70-,71-,72+,73+,74-,80-/m0/s1. The number of carboxylic acid groups (broad SMARTS) is 2. The van der Waals surface area contributed by atoms with Gasteiger partial charge in [-0.1, -0.05) is 125 Å². The third kappa shape index (κ3) is 30.8. The Hall–Kier alpha value is -13.4. The van der Waals surface area contributed by atoms with Gasteiger partial charge in [0.05, 0.1) is 43.0 Å². The van der Waals surface area contributed by atoms with E-state index in [0.29, 0.717) is 64.2 Å². The van der Waals surface area contributed by atoms with Crippen molar-refractivity contribution in [2.24, 2.45) is 23.1 Å². The Bertz CT molecular complexity index is 5180. The van der Waals surface area contributed by atoms with Crippen LogP contribution in [0.4, 0.5) is 13.2 Å². The molecular formula is C92H118F3N17O22S. The van der Waals surface area contributed by atoms with Crippen molar-refractivity contribution in [1.29, 1.82) is 0 Å². The van der Waals surface area contributed by atoms with Crippen LogP contribution in [-0.2, 0) is 114 Å². The Morgan fingerprint density at radius 2 is 1.08 bits per heavy atom. The number of likely N-dealkylation sites (N-methyl/N-ethyl adjacent to an activating group) is 3. The minimum atomic E-state index is -1.93. The zero-order chi connectivity index (χ0) is 99.2. The number of aromatic hydroxyl groups is 1. The molecule has 8 rings (SSSR count). The van der Waals surface area contributed by atoms with Crippen molar-refractivity contribution in [1.82, 2.24) is 72.0 Å². The molecule has 14 amide bonds. The molecule has 6 aromatic rings. The summed E-state index contributed by atoms with van der Waals surface area (Å²) in [6, 6.07) is 9.81. The average molecular weight is 1900 g/mol. The number of carboxylic acids is 2. The average Bonchev–Trinajstić information content (AvgIpc) is 1.73. The van der Waals surface area contributed by atoms with Crippen molar-refractivity contribution >= 4 is 124 Å². The van der Waals surface area contributed by atoms with Crippen molar-refractivity contribution < 1.29 is 120 Å². The van der Waals surface area contributed by atoms with E-state index < -0.39 is 265 Å². The number of likely N-dealkylation sites (tertiary alicyclic amines) is 2. The Labute approximate surface area is 780 Å². The molecule has 0 saturated carbocycles. The summed E-state index contributed by atoms with van der Waals surface area (Å²) < 4.78 is 45.1. The number of hydrogen-bond donors (Lipinski definition) is 17. The summed E-state index contributed by atoms with van der Waals surface area (Å²) in [5.74, 6) is -24.4. The van der Waals surface area contributed by atoms with Crippen LogP contribution in [0.3, 0.4) is 0 Å². The second-order valence-corrected chi connectivity index (χ2v) is 34.9. The van der Waals surface area contributed by atoms with Crippen LogP contribution in [0.15, 0.2) is 128 Å². The molecule has 43 heteroatoms. The predicted octanol–water partition coefficient (Wildman–Crippen LogP) is -0.612. The number of hydrogen-bond acceptors (Lipinski definition) is 23. The van der Waals surface area contributed by atoms with Gasteiger partial charge in [-0.25, -0.2) is 13.2 Å². The highest BCUT2D eigenvalue weighted by Crippen LogP contribution is 2.28. The largest absolute Gasteiger partial charge is 0.508 e. The number of carbonyl (C=O) groups is 17. The number of benzene rings is 5.